The van der Waals surface area contributed by atoms with Crippen molar-refractivity contribution in [1.29, 1.82) is 0 Å². The number of hydrogen-bond acceptors (Lipinski definition) is 5. The molecule has 1 saturated heterocycles. The van der Waals surface area contributed by atoms with Crippen molar-refractivity contribution in [3.05, 3.63) is 41.8 Å². The van der Waals surface area contributed by atoms with Crippen LogP contribution in [0.2, 0.25) is 0 Å². The van der Waals surface area contributed by atoms with Crippen molar-refractivity contribution in [2.45, 2.75) is 13.3 Å². The van der Waals surface area contributed by atoms with E-state index in [2.05, 4.69) is 15.3 Å². The predicted octanol–water partition coefficient (Wildman–Crippen LogP) is 2.26. The molecule has 0 atom stereocenters. The Labute approximate surface area is 146 Å². The Kier molecular flexibility index (Phi) is 5.55. The maximum absolute atomic E-state index is 13.1. The second-order valence-corrected chi connectivity index (χ2v) is 5.79. The van der Waals surface area contributed by atoms with Gasteiger partial charge >= 0.3 is 0 Å². The zero-order valence-corrected chi connectivity index (χ0v) is 14.2. The summed E-state index contributed by atoms with van der Waals surface area (Å²) in [5.74, 6) is 0.557. The molecule has 1 aliphatic heterocycles. The van der Waals surface area contributed by atoms with Crippen LogP contribution < -0.4 is 10.2 Å². The molecule has 0 radical (unpaired) electrons. The number of nitrogens with zero attached hydrogens (tertiary/aromatic N) is 3. The Morgan fingerprint density at radius 2 is 2.00 bits per heavy atom. The second-order valence-electron chi connectivity index (χ2n) is 5.79. The van der Waals surface area contributed by atoms with Gasteiger partial charge in [-0.2, -0.15) is 0 Å². The number of ether oxygens (including phenoxy) is 1. The summed E-state index contributed by atoms with van der Waals surface area (Å²) >= 11 is 0. The van der Waals surface area contributed by atoms with Gasteiger partial charge in [-0.1, -0.05) is 6.92 Å². The number of anilines is 1. The lowest BCUT2D eigenvalue weighted by molar-refractivity contribution is 0.0951. The van der Waals surface area contributed by atoms with Crippen LogP contribution in [0.3, 0.4) is 0 Å². The number of morpholine rings is 1. The molecule has 1 aliphatic rings. The molecule has 1 aromatic carbocycles. The van der Waals surface area contributed by atoms with Gasteiger partial charge in [0.05, 0.1) is 13.2 Å². The predicted molar refractivity (Wildman–Crippen MR) is 93.1 cm³/mol. The summed E-state index contributed by atoms with van der Waals surface area (Å²) in [7, 11) is 0. The number of nitrogens with one attached hydrogen (secondary N) is 1. The first-order chi connectivity index (χ1) is 12.2. The van der Waals surface area contributed by atoms with Gasteiger partial charge in [-0.25, -0.2) is 14.4 Å². The SMILES string of the molecule is CCCNC(=O)c1cnc(-c2ccc(F)cc2)nc1N1CCOCC1. The molecule has 1 amide bonds. The van der Waals surface area contributed by atoms with E-state index in [1.807, 2.05) is 11.8 Å². The minimum atomic E-state index is -0.312. The summed E-state index contributed by atoms with van der Waals surface area (Å²) in [5, 5.41) is 2.87. The number of carbonyl (C=O) groups is 1. The highest BCUT2D eigenvalue weighted by molar-refractivity contribution is 5.98. The Morgan fingerprint density at radius 3 is 2.68 bits per heavy atom. The van der Waals surface area contributed by atoms with Crippen LogP contribution in [0.4, 0.5) is 10.2 Å². The number of hydrogen-bond donors (Lipinski definition) is 1. The summed E-state index contributed by atoms with van der Waals surface area (Å²) in [6.45, 7) is 5.10. The van der Waals surface area contributed by atoms with Gasteiger partial charge in [0.2, 0.25) is 0 Å². The summed E-state index contributed by atoms with van der Waals surface area (Å²) in [6, 6.07) is 6.00. The minimum Gasteiger partial charge on any atom is -0.378 e. The standard InChI is InChI=1S/C18H21FN4O2/c1-2-7-20-18(24)15-12-21-16(13-3-5-14(19)6-4-13)22-17(15)23-8-10-25-11-9-23/h3-6,12H,2,7-11H2,1H3,(H,20,24). The van der Waals surface area contributed by atoms with Gasteiger partial charge in [0.15, 0.2) is 5.82 Å². The molecule has 3 rings (SSSR count). The number of halogens is 1. The maximum atomic E-state index is 13.1. The molecule has 2 aromatic rings. The van der Waals surface area contributed by atoms with Gasteiger partial charge in [-0.05, 0) is 30.7 Å². The summed E-state index contributed by atoms with van der Waals surface area (Å²) in [6.07, 6.45) is 2.40. The van der Waals surface area contributed by atoms with Crippen LogP contribution >= 0.6 is 0 Å². The van der Waals surface area contributed by atoms with Crippen molar-refractivity contribution in [3.63, 3.8) is 0 Å². The van der Waals surface area contributed by atoms with Crippen molar-refractivity contribution in [2.75, 3.05) is 37.7 Å². The van der Waals surface area contributed by atoms with E-state index in [1.54, 1.807) is 18.3 Å². The topological polar surface area (TPSA) is 67.4 Å². The van der Waals surface area contributed by atoms with Crippen LogP contribution in [0, 0.1) is 5.82 Å². The molecular weight excluding hydrogens is 323 g/mol. The van der Waals surface area contributed by atoms with Gasteiger partial charge in [-0.3, -0.25) is 4.79 Å². The zero-order valence-electron chi connectivity index (χ0n) is 14.2. The fourth-order valence-corrected chi connectivity index (χ4v) is 2.62. The molecule has 1 fully saturated rings. The van der Waals surface area contributed by atoms with Crippen molar-refractivity contribution in [1.82, 2.24) is 15.3 Å². The quantitative estimate of drug-likeness (QED) is 0.901. The maximum Gasteiger partial charge on any atom is 0.256 e. The van der Waals surface area contributed by atoms with Crippen molar-refractivity contribution < 1.29 is 13.9 Å². The smallest absolute Gasteiger partial charge is 0.256 e. The lowest BCUT2D eigenvalue weighted by Gasteiger charge is -2.29. The molecule has 7 heteroatoms. The van der Waals surface area contributed by atoms with E-state index in [9.17, 15) is 9.18 Å². The van der Waals surface area contributed by atoms with E-state index in [0.717, 1.165) is 6.42 Å². The van der Waals surface area contributed by atoms with Gasteiger partial charge in [-0.15, -0.1) is 0 Å². The van der Waals surface area contributed by atoms with E-state index in [-0.39, 0.29) is 11.7 Å². The molecule has 0 bridgehead atoms. The molecule has 1 aromatic heterocycles. The second kappa shape index (κ2) is 8.02. The first-order valence-electron chi connectivity index (χ1n) is 8.43. The molecular formula is C18H21FN4O2. The fourth-order valence-electron chi connectivity index (χ4n) is 2.62. The average Bonchev–Trinajstić information content (AvgIpc) is 2.67. The average molecular weight is 344 g/mol. The van der Waals surface area contributed by atoms with Crippen LogP contribution in [0.25, 0.3) is 11.4 Å². The molecule has 0 aliphatic carbocycles. The summed E-state index contributed by atoms with van der Waals surface area (Å²) in [5.41, 5.74) is 1.15. The lowest BCUT2D eigenvalue weighted by atomic mass is 10.2. The highest BCUT2D eigenvalue weighted by Crippen LogP contribution is 2.23. The van der Waals surface area contributed by atoms with Crippen molar-refractivity contribution in [3.8, 4) is 11.4 Å². The third kappa shape index (κ3) is 4.11. The van der Waals surface area contributed by atoms with Gasteiger partial charge in [0, 0.05) is 31.4 Å². The Hall–Kier alpha value is -2.54. The van der Waals surface area contributed by atoms with Crippen LogP contribution in [0.5, 0.6) is 0 Å². The van der Waals surface area contributed by atoms with Crippen molar-refractivity contribution >= 4 is 11.7 Å². The molecule has 132 valence electrons. The Morgan fingerprint density at radius 1 is 1.28 bits per heavy atom. The third-order valence-corrected chi connectivity index (χ3v) is 3.96. The highest BCUT2D eigenvalue weighted by Gasteiger charge is 2.22. The molecule has 2 heterocycles. The molecule has 1 N–H and O–H groups in total. The van der Waals surface area contributed by atoms with Gasteiger partial charge in [0.1, 0.15) is 17.2 Å². The third-order valence-electron chi connectivity index (χ3n) is 3.96. The number of amides is 1. The molecule has 0 saturated carbocycles. The molecule has 0 spiro atoms. The van der Waals surface area contributed by atoms with Crippen LogP contribution in [0.15, 0.2) is 30.5 Å². The lowest BCUT2D eigenvalue weighted by Crippen LogP contribution is -2.38. The Balaban J connectivity index is 1.97. The van der Waals surface area contributed by atoms with E-state index < -0.39 is 0 Å². The number of aromatic nitrogens is 2. The van der Waals surface area contributed by atoms with Crippen LogP contribution in [0.1, 0.15) is 23.7 Å². The fraction of sp³-hybridized carbons (Fsp3) is 0.389. The molecule has 0 unspecified atom stereocenters. The van der Waals surface area contributed by atoms with Crippen LogP contribution in [-0.2, 0) is 4.74 Å². The summed E-state index contributed by atoms with van der Waals surface area (Å²) in [4.78, 5) is 23.4. The molecule has 6 nitrogen and oxygen atoms in total. The van der Waals surface area contributed by atoms with E-state index in [0.29, 0.717) is 55.6 Å². The first kappa shape index (κ1) is 17.3. The normalized spacial score (nSPS) is 14.4. The van der Waals surface area contributed by atoms with Crippen molar-refractivity contribution in [2.24, 2.45) is 0 Å². The van der Waals surface area contributed by atoms with E-state index in [1.165, 1.54) is 12.1 Å². The number of carbonyl (C=O) groups excluding carboxylic acids is 1. The Bertz CT molecular complexity index is 730. The largest absolute Gasteiger partial charge is 0.378 e. The first-order valence-corrected chi connectivity index (χ1v) is 8.43. The van der Waals surface area contributed by atoms with E-state index in [4.69, 9.17) is 4.74 Å². The monoisotopic (exact) mass is 344 g/mol. The van der Waals surface area contributed by atoms with Gasteiger partial charge in [0.25, 0.3) is 5.91 Å². The highest BCUT2D eigenvalue weighted by atomic mass is 19.1. The van der Waals surface area contributed by atoms with E-state index >= 15 is 0 Å². The summed E-state index contributed by atoms with van der Waals surface area (Å²) < 4.78 is 18.5. The zero-order chi connectivity index (χ0) is 17.6. The van der Waals surface area contributed by atoms with Gasteiger partial charge < -0.3 is 15.0 Å². The number of benzene rings is 1. The molecule has 25 heavy (non-hydrogen) atoms. The minimum absolute atomic E-state index is 0.186. The van der Waals surface area contributed by atoms with Crippen LogP contribution in [-0.4, -0.2) is 48.7 Å². The number of rotatable bonds is 5.